The Kier molecular flexibility index (Phi) is 7.11. The molecule has 8 nitrogen and oxygen atoms in total. The van der Waals surface area contributed by atoms with E-state index in [-0.39, 0.29) is 24.0 Å². The molecule has 1 N–H and O–H groups in total. The van der Waals surface area contributed by atoms with Gasteiger partial charge in [-0.2, -0.15) is 13.2 Å². The topological polar surface area (TPSA) is 95.3 Å². The van der Waals surface area contributed by atoms with Crippen molar-refractivity contribution in [2.75, 3.05) is 12.4 Å². The number of aromatic nitrogens is 3. The zero-order valence-electron chi connectivity index (χ0n) is 17.6. The molecule has 11 heteroatoms. The summed E-state index contributed by atoms with van der Waals surface area (Å²) in [6, 6.07) is 6.46. The van der Waals surface area contributed by atoms with Gasteiger partial charge >= 0.3 is 12.1 Å². The summed E-state index contributed by atoms with van der Waals surface area (Å²) in [5.74, 6) is -0.581. The molecule has 3 rings (SSSR count). The second-order valence-electron chi connectivity index (χ2n) is 6.82. The normalized spacial score (nSPS) is 11.4. The Morgan fingerprint density at radius 2 is 2.00 bits per heavy atom. The molecule has 0 bridgehead atoms. The molecule has 0 aliphatic carbocycles. The van der Waals surface area contributed by atoms with Crippen molar-refractivity contribution in [3.05, 3.63) is 71.8 Å². The van der Waals surface area contributed by atoms with Crippen LogP contribution in [0.25, 0.3) is 6.08 Å². The smallest absolute Gasteiger partial charge is 0.416 e. The first-order valence-corrected chi connectivity index (χ1v) is 9.53. The second kappa shape index (κ2) is 9.98. The van der Waals surface area contributed by atoms with E-state index in [1.165, 1.54) is 57.0 Å². The van der Waals surface area contributed by atoms with Crippen LogP contribution in [0.1, 0.15) is 23.6 Å². The molecular formula is C22H19F3N4O4. The van der Waals surface area contributed by atoms with Crippen LogP contribution in [0.15, 0.2) is 55.1 Å². The van der Waals surface area contributed by atoms with E-state index in [1.807, 2.05) is 0 Å². The molecule has 0 saturated carbocycles. The van der Waals surface area contributed by atoms with Crippen LogP contribution in [0.4, 0.5) is 19.0 Å². The third kappa shape index (κ3) is 6.66. The number of benzene rings is 1. The summed E-state index contributed by atoms with van der Waals surface area (Å²) in [4.78, 5) is 31.4. The minimum absolute atomic E-state index is 0.112. The standard InChI is InChI=1S/C22H19F3N4O4/c1-14(30)33-18-9-15(10-26-21(18)32-2)6-7-20(31)28-19-12-29(13-27-19)11-16-4-3-5-17(8-16)22(23,24)25/h3-10,12-13H,11H2,1-2H3,(H,28,31)/b7-6+. The van der Waals surface area contributed by atoms with Crippen molar-refractivity contribution in [3.63, 3.8) is 0 Å². The van der Waals surface area contributed by atoms with Crippen LogP contribution in [0.5, 0.6) is 11.6 Å². The lowest BCUT2D eigenvalue weighted by Gasteiger charge is -2.09. The molecule has 0 unspecified atom stereocenters. The molecule has 3 aromatic rings. The summed E-state index contributed by atoms with van der Waals surface area (Å²) < 4.78 is 50.2. The molecule has 2 aromatic heterocycles. The van der Waals surface area contributed by atoms with Gasteiger partial charge in [0.05, 0.1) is 19.0 Å². The van der Waals surface area contributed by atoms with Gasteiger partial charge in [-0.3, -0.25) is 9.59 Å². The van der Waals surface area contributed by atoms with Crippen LogP contribution in [-0.2, 0) is 22.3 Å². The zero-order chi connectivity index (χ0) is 24.0. The Balaban J connectivity index is 1.63. The molecule has 1 aromatic carbocycles. The quantitative estimate of drug-likeness (QED) is 0.424. The van der Waals surface area contributed by atoms with Crippen molar-refractivity contribution >= 4 is 23.8 Å². The average Bonchev–Trinajstić information content (AvgIpc) is 3.18. The van der Waals surface area contributed by atoms with Crippen molar-refractivity contribution < 1.29 is 32.2 Å². The van der Waals surface area contributed by atoms with Gasteiger partial charge in [-0.1, -0.05) is 12.1 Å². The predicted molar refractivity (Wildman–Crippen MR) is 113 cm³/mol. The van der Waals surface area contributed by atoms with Gasteiger partial charge in [0.1, 0.15) is 0 Å². The summed E-state index contributed by atoms with van der Waals surface area (Å²) in [6.07, 6.45) is 2.59. The van der Waals surface area contributed by atoms with E-state index in [4.69, 9.17) is 9.47 Å². The number of esters is 1. The van der Waals surface area contributed by atoms with Gasteiger partial charge in [-0.25, -0.2) is 9.97 Å². The van der Waals surface area contributed by atoms with Gasteiger partial charge in [0.15, 0.2) is 11.6 Å². The lowest BCUT2D eigenvalue weighted by molar-refractivity contribution is -0.137. The summed E-state index contributed by atoms with van der Waals surface area (Å²) in [5, 5.41) is 2.56. The van der Waals surface area contributed by atoms with Crippen molar-refractivity contribution in [3.8, 4) is 11.6 Å². The highest BCUT2D eigenvalue weighted by atomic mass is 19.4. The van der Waals surface area contributed by atoms with Crippen LogP contribution < -0.4 is 14.8 Å². The third-order valence-electron chi connectivity index (χ3n) is 4.22. The maximum Gasteiger partial charge on any atom is 0.416 e. The number of alkyl halides is 3. The molecule has 2 heterocycles. The van der Waals surface area contributed by atoms with Crippen molar-refractivity contribution in [2.24, 2.45) is 0 Å². The van der Waals surface area contributed by atoms with E-state index in [0.717, 1.165) is 12.1 Å². The fourth-order valence-corrected chi connectivity index (χ4v) is 2.83. The lowest BCUT2D eigenvalue weighted by atomic mass is 10.1. The highest BCUT2D eigenvalue weighted by Gasteiger charge is 2.30. The minimum atomic E-state index is -4.42. The summed E-state index contributed by atoms with van der Waals surface area (Å²) >= 11 is 0. The van der Waals surface area contributed by atoms with Crippen molar-refractivity contribution in [1.82, 2.24) is 14.5 Å². The number of nitrogens with zero attached hydrogens (tertiary/aromatic N) is 3. The van der Waals surface area contributed by atoms with Gasteiger partial charge in [0.25, 0.3) is 5.88 Å². The van der Waals surface area contributed by atoms with E-state index in [0.29, 0.717) is 11.1 Å². The number of imidazole rings is 1. The summed E-state index contributed by atoms with van der Waals surface area (Å²) in [6.45, 7) is 1.39. The highest BCUT2D eigenvalue weighted by Crippen LogP contribution is 2.29. The Labute approximate surface area is 186 Å². The fourth-order valence-electron chi connectivity index (χ4n) is 2.83. The number of hydrogen-bond acceptors (Lipinski definition) is 6. The van der Waals surface area contributed by atoms with Gasteiger partial charge < -0.3 is 19.4 Å². The average molecular weight is 460 g/mol. The molecule has 0 saturated heterocycles. The summed E-state index contributed by atoms with van der Waals surface area (Å²) in [7, 11) is 1.38. The zero-order valence-corrected chi connectivity index (χ0v) is 17.6. The number of anilines is 1. The maximum absolute atomic E-state index is 12.9. The van der Waals surface area contributed by atoms with Crippen LogP contribution in [0.3, 0.4) is 0 Å². The van der Waals surface area contributed by atoms with Crippen molar-refractivity contribution in [2.45, 2.75) is 19.6 Å². The monoisotopic (exact) mass is 460 g/mol. The number of carbonyl (C=O) groups excluding carboxylic acids is 2. The number of nitrogens with one attached hydrogen (secondary N) is 1. The van der Waals surface area contributed by atoms with E-state index in [2.05, 4.69) is 15.3 Å². The predicted octanol–water partition coefficient (Wildman–Crippen LogP) is 3.93. The van der Waals surface area contributed by atoms with E-state index in [1.54, 1.807) is 10.6 Å². The molecule has 172 valence electrons. The molecule has 0 spiro atoms. The molecular weight excluding hydrogens is 441 g/mol. The number of methoxy groups -OCH3 is 1. The molecule has 0 atom stereocenters. The molecule has 0 radical (unpaired) electrons. The van der Waals surface area contributed by atoms with E-state index in [9.17, 15) is 22.8 Å². The Bertz CT molecular complexity index is 1190. The Morgan fingerprint density at radius 3 is 2.70 bits per heavy atom. The number of amides is 1. The van der Waals surface area contributed by atoms with Crippen LogP contribution >= 0.6 is 0 Å². The number of halogens is 3. The van der Waals surface area contributed by atoms with Crippen LogP contribution in [0, 0.1) is 0 Å². The number of ether oxygens (including phenoxy) is 2. The van der Waals surface area contributed by atoms with Crippen molar-refractivity contribution in [1.29, 1.82) is 0 Å². The first kappa shape index (κ1) is 23.5. The highest BCUT2D eigenvalue weighted by molar-refractivity contribution is 6.01. The van der Waals surface area contributed by atoms with Gasteiger partial charge in [0, 0.05) is 31.9 Å². The molecule has 0 aliphatic heterocycles. The Hall–Kier alpha value is -4.15. The van der Waals surface area contributed by atoms with Crippen LogP contribution in [-0.4, -0.2) is 33.5 Å². The number of carbonyl (C=O) groups is 2. The van der Waals surface area contributed by atoms with Crippen LogP contribution in [0.2, 0.25) is 0 Å². The third-order valence-corrected chi connectivity index (χ3v) is 4.22. The Morgan fingerprint density at radius 1 is 1.21 bits per heavy atom. The molecule has 33 heavy (non-hydrogen) atoms. The van der Waals surface area contributed by atoms with Gasteiger partial charge in [-0.15, -0.1) is 0 Å². The number of rotatable bonds is 7. The first-order chi connectivity index (χ1) is 15.6. The lowest BCUT2D eigenvalue weighted by Crippen LogP contribution is -2.08. The number of hydrogen-bond donors (Lipinski definition) is 1. The molecule has 0 aliphatic rings. The molecule has 1 amide bonds. The fraction of sp³-hybridized carbons (Fsp3) is 0.182. The van der Waals surface area contributed by atoms with Gasteiger partial charge in [0.2, 0.25) is 5.91 Å². The van der Waals surface area contributed by atoms with E-state index >= 15 is 0 Å². The van der Waals surface area contributed by atoms with E-state index < -0.39 is 23.6 Å². The minimum Gasteiger partial charge on any atom is -0.478 e. The second-order valence-corrected chi connectivity index (χ2v) is 6.82. The summed E-state index contributed by atoms with van der Waals surface area (Å²) in [5.41, 5.74) is 0.191. The number of pyridine rings is 1. The largest absolute Gasteiger partial charge is 0.478 e. The molecule has 0 fully saturated rings. The SMILES string of the molecule is COc1ncc(/C=C/C(=O)Nc2cn(Cc3cccc(C(F)(F)F)c3)cn2)cc1OC(C)=O. The maximum atomic E-state index is 12.9. The van der Waals surface area contributed by atoms with Gasteiger partial charge in [-0.05, 0) is 35.4 Å². The first-order valence-electron chi connectivity index (χ1n) is 9.53.